The number of carbonyl (C=O) groups excluding carboxylic acids is 2. The third-order valence-electron chi connectivity index (χ3n) is 3.37. The van der Waals surface area contributed by atoms with Crippen LogP contribution in [-0.4, -0.2) is 51.8 Å². The lowest BCUT2D eigenvalue weighted by molar-refractivity contribution is -0.127. The number of hydrogen-bond donors (Lipinski definition) is 0. The number of thioether (sulfide) groups is 1. The molecule has 0 aliphatic heterocycles. The maximum Gasteiger partial charge on any atom is 0.233 e. The Morgan fingerprint density at radius 1 is 1.35 bits per heavy atom. The van der Waals surface area contributed by atoms with Gasteiger partial charge in [0.05, 0.1) is 5.75 Å². The minimum absolute atomic E-state index is 0.00473. The van der Waals surface area contributed by atoms with E-state index in [4.69, 9.17) is 0 Å². The molecule has 0 atom stereocenters. The van der Waals surface area contributed by atoms with E-state index in [1.807, 2.05) is 13.8 Å². The highest BCUT2D eigenvalue weighted by molar-refractivity contribution is 8.01. The summed E-state index contributed by atoms with van der Waals surface area (Å²) in [5.41, 5.74) is 0.963. The Hall–Kier alpha value is -1.41. The van der Waals surface area contributed by atoms with Crippen molar-refractivity contribution in [3.8, 4) is 0 Å². The highest BCUT2D eigenvalue weighted by Crippen LogP contribution is 2.35. The van der Waals surface area contributed by atoms with Crippen molar-refractivity contribution in [2.75, 3.05) is 23.7 Å². The van der Waals surface area contributed by atoms with Gasteiger partial charge in [-0.15, -0.1) is 10.2 Å². The zero-order valence-electron chi connectivity index (χ0n) is 13.7. The Labute approximate surface area is 144 Å². The first kappa shape index (κ1) is 17.9. The van der Waals surface area contributed by atoms with Crippen LogP contribution in [-0.2, 0) is 9.59 Å². The standard InChI is InChI=1S/C15H22N4O2S2/c1-5-18(8-10(2)3)13(21)9-22-15-17-16-14(23-15)19(11(4)20)12-6-7-12/h12H,2,5-9H2,1,3-4H3. The van der Waals surface area contributed by atoms with Crippen LogP contribution in [0.15, 0.2) is 16.5 Å². The fourth-order valence-corrected chi connectivity index (χ4v) is 4.02. The summed E-state index contributed by atoms with van der Waals surface area (Å²) in [6.45, 7) is 10.5. The van der Waals surface area contributed by atoms with E-state index in [9.17, 15) is 9.59 Å². The van der Waals surface area contributed by atoms with Gasteiger partial charge in [0, 0.05) is 26.1 Å². The minimum Gasteiger partial charge on any atom is -0.338 e. The number of anilines is 1. The Morgan fingerprint density at radius 3 is 2.57 bits per heavy atom. The quantitative estimate of drug-likeness (QED) is 0.408. The van der Waals surface area contributed by atoms with Gasteiger partial charge >= 0.3 is 0 Å². The first-order valence-electron chi connectivity index (χ1n) is 7.60. The smallest absolute Gasteiger partial charge is 0.233 e. The number of aromatic nitrogens is 2. The van der Waals surface area contributed by atoms with E-state index in [1.165, 1.54) is 23.1 Å². The molecule has 126 valence electrons. The van der Waals surface area contributed by atoms with Crippen molar-refractivity contribution in [1.29, 1.82) is 0 Å². The van der Waals surface area contributed by atoms with Crippen LogP contribution >= 0.6 is 23.1 Å². The summed E-state index contributed by atoms with van der Waals surface area (Å²) < 4.78 is 0.714. The highest BCUT2D eigenvalue weighted by Gasteiger charge is 2.34. The molecule has 1 aromatic rings. The molecule has 0 N–H and O–H groups in total. The molecule has 0 bridgehead atoms. The van der Waals surface area contributed by atoms with E-state index in [0.717, 1.165) is 18.4 Å². The van der Waals surface area contributed by atoms with Crippen molar-refractivity contribution < 1.29 is 9.59 Å². The van der Waals surface area contributed by atoms with E-state index in [1.54, 1.807) is 16.7 Å². The second-order valence-electron chi connectivity index (χ2n) is 5.62. The van der Waals surface area contributed by atoms with Crippen LogP contribution < -0.4 is 4.90 Å². The lowest BCUT2D eigenvalue weighted by Crippen LogP contribution is -2.33. The van der Waals surface area contributed by atoms with Crippen LogP contribution in [0.1, 0.15) is 33.6 Å². The number of carbonyl (C=O) groups is 2. The lowest BCUT2D eigenvalue weighted by atomic mass is 10.3. The minimum atomic E-state index is -0.00473. The molecule has 2 amide bonds. The van der Waals surface area contributed by atoms with Crippen molar-refractivity contribution in [2.24, 2.45) is 0 Å². The first-order valence-corrected chi connectivity index (χ1v) is 9.40. The molecule has 0 radical (unpaired) electrons. The molecule has 1 aliphatic carbocycles. The van der Waals surface area contributed by atoms with Crippen molar-refractivity contribution in [1.82, 2.24) is 15.1 Å². The van der Waals surface area contributed by atoms with Gasteiger partial charge in [-0.1, -0.05) is 35.3 Å². The van der Waals surface area contributed by atoms with Gasteiger partial charge in [0.25, 0.3) is 0 Å². The molecule has 1 heterocycles. The second kappa shape index (κ2) is 7.92. The molecule has 0 saturated heterocycles. The molecule has 2 rings (SSSR count). The predicted octanol–water partition coefficient (Wildman–Crippen LogP) is 2.57. The van der Waals surface area contributed by atoms with Crippen molar-refractivity contribution >= 4 is 40.0 Å². The summed E-state index contributed by atoms with van der Waals surface area (Å²) in [6.07, 6.45) is 2.04. The van der Waals surface area contributed by atoms with E-state index < -0.39 is 0 Å². The number of amides is 2. The lowest BCUT2D eigenvalue weighted by Gasteiger charge is -2.20. The van der Waals surface area contributed by atoms with E-state index in [2.05, 4.69) is 16.8 Å². The fourth-order valence-electron chi connectivity index (χ4n) is 2.16. The van der Waals surface area contributed by atoms with Gasteiger partial charge in [-0.3, -0.25) is 14.5 Å². The Kier molecular flexibility index (Phi) is 6.17. The van der Waals surface area contributed by atoms with Gasteiger partial charge < -0.3 is 4.90 Å². The van der Waals surface area contributed by atoms with E-state index in [0.29, 0.717) is 28.3 Å². The molecule has 8 heteroatoms. The van der Waals surface area contributed by atoms with Crippen molar-refractivity contribution in [3.63, 3.8) is 0 Å². The molecule has 1 saturated carbocycles. The predicted molar refractivity (Wildman–Crippen MR) is 93.9 cm³/mol. The Balaban J connectivity index is 1.92. The molecule has 6 nitrogen and oxygen atoms in total. The zero-order valence-corrected chi connectivity index (χ0v) is 15.4. The summed E-state index contributed by atoms with van der Waals surface area (Å²) in [7, 11) is 0. The summed E-state index contributed by atoms with van der Waals surface area (Å²) in [4.78, 5) is 27.4. The molecule has 0 aromatic carbocycles. The van der Waals surface area contributed by atoms with Gasteiger partial charge in [-0.05, 0) is 26.7 Å². The fraction of sp³-hybridized carbons (Fsp3) is 0.600. The Morgan fingerprint density at radius 2 is 2.04 bits per heavy atom. The normalized spacial score (nSPS) is 13.7. The largest absolute Gasteiger partial charge is 0.338 e. The third kappa shape index (κ3) is 5.04. The van der Waals surface area contributed by atoms with Gasteiger partial charge in [-0.25, -0.2) is 0 Å². The maximum atomic E-state index is 12.2. The average molecular weight is 355 g/mol. The van der Waals surface area contributed by atoms with Crippen LogP contribution in [0.3, 0.4) is 0 Å². The SMILES string of the molecule is C=C(C)CN(CC)C(=O)CSc1nnc(N(C(C)=O)C2CC2)s1. The van der Waals surface area contributed by atoms with Gasteiger partial charge in [0.1, 0.15) is 0 Å². The number of nitrogens with zero attached hydrogens (tertiary/aromatic N) is 4. The number of likely N-dealkylation sites (N-methyl/N-ethyl adjacent to an activating group) is 1. The maximum absolute atomic E-state index is 12.2. The van der Waals surface area contributed by atoms with Gasteiger partial charge in [0.2, 0.25) is 16.9 Å². The van der Waals surface area contributed by atoms with Crippen LogP contribution in [0.2, 0.25) is 0 Å². The molecular weight excluding hydrogens is 332 g/mol. The van der Waals surface area contributed by atoms with Crippen molar-refractivity contribution in [2.45, 2.75) is 44.0 Å². The van der Waals surface area contributed by atoms with Gasteiger partial charge in [0.15, 0.2) is 4.34 Å². The average Bonchev–Trinajstić information content (AvgIpc) is 3.20. The monoisotopic (exact) mass is 354 g/mol. The number of hydrogen-bond acceptors (Lipinski definition) is 6. The summed E-state index contributed by atoms with van der Waals surface area (Å²) in [5, 5.41) is 8.83. The topological polar surface area (TPSA) is 66.4 Å². The van der Waals surface area contributed by atoms with Crippen LogP contribution in [0.4, 0.5) is 5.13 Å². The molecule has 0 spiro atoms. The summed E-state index contributed by atoms with van der Waals surface area (Å²) in [6, 6.07) is 0.270. The van der Waals surface area contributed by atoms with Crippen LogP contribution in [0, 0.1) is 0 Å². The Bertz CT molecular complexity index is 598. The molecule has 0 unspecified atom stereocenters. The molecule has 1 fully saturated rings. The second-order valence-corrected chi connectivity index (χ2v) is 7.80. The number of rotatable bonds is 8. The van der Waals surface area contributed by atoms with E-state index in [-0.39, 0.29) is 17.9 Å². The first-order chi connectivity index (χ1) is 10.9. The molecular formula is C15H22N4O2S2. The van der Waals surface area contributed by atoms with Crippen LogP contribution in [0.5, 0.6) is 0 Å². The van der Waals surface area contributed by atoms with Crippen molar-refractivity contribution in [3.05, 3.63) is 12.2 Å². The summed E-state index contributed by atoms with van der Waals surface area (Å²) >= 11 is 2.74. The van der Waals surface area contributed by atoms with Crippen LogP contribution in [0.25, 0.3) is 0 Å². The molecule has 1 aliphatic rings. The highest BCUT2D eigenvalue weighted by atomic mass is 32.2. The third-order valence-corrected chi connectivity index (χ3v) is 5.41. The summed E-state index contributed by atoms with van der Waals surface area (Å²) in [5.74, 6) is 0.372. The molecule has 1 aromatic heterocycles. The van der Waals surface area contributed by atoms with Gasteiger partial charge in [-0.2, -0.15) is 0 Å². The molecule has 23 heavy (non-hydrogen) atoms. The van der Waals surface area contributed by atoms with E-state index >= 15 is 0 Å². The zero-order chi connectivity index (χ0) is 17.0.